The molecule has 1 aliphatic heterocycles. The molecule has 0 saturated carbocycles. The topological polar surface area (TPSA) is 37.0 Å². The van der Waals surface area contributed by atoms with Crippen LogP contribution in [0.1, 0.15) is 0 Å². The average Bonchev–Trinajstić information content (AvgIpc) is 2.65. The van der Waals surface area contributed by atoms with Crippen molar-refractivity contribution in [2.75, 3.05) is 17.3 Å². The molecule has 0 bridgehead atoms. The summed E-state index contributed by atoms with van der Waals surface area (Å²) in [5, 5.41) is 8.96. The van der Waals surface area contributed by atoms with Crippen LogP contribution in [0.4, 0.5) is 11.4 Å². The Labute approximate surface area is 75.8 Å². The van der Waals surface area contributed by atoms with Crippen LogP contribution in [0.3, 0.4) is 0 Å². The number of rotatable bonds is 0. The molecular formula is C10H9N3. The van der Waals surface area contributed by atoms with Crippen LogP contribution in [-0.4, -0.2) is 11.7 Å². The van der Waals surface area contributed by atoms with Crippen LogP contribution < -0.4 is 10.6 Å². The van der Waals surface area contributed by atoms with Gasteiger partial charge in [0, 0.05) is 17.8 Å². The summed E-state index contributed by atoms with van der Waals surface area (Å²) in [6.07, 6.45) is 3.71. The van der Waals surface area contributed by atoms with Crippen molar-refractivity contribution in [2.24, 2.45) is 0 Å². The summed E-state index contributed by atoms with van der Waals surface area (Å²) in [5.41, 5.74) is 2.34. The Morgan fingerprint density at radius 3 is 3.15 bits per heavy atom. The number of pyridine rings is 1. The third-order valence-corrected chi connectivity index (χ3v) is 2.37. The van der Waals surface area contributed by atoms with Crippen molar-refractivity contribution in [1.29, 1.82) is 0 Å². The van der Waals surface area contributed by atoms with Gasteiger partial charge in [-0.2, -0.15) is 0 Å². The van der Waals surface area contributed by atoms with E-state index in [0.29, 0.717) is 0 Å². The van der Waals surface area contributed by atoms with Gasteiger partial charge in [-0.15, -0.1) is 0 Å². The minimum absolute atomic E-state index is 0.809. The molecule has 0 saturated heterocycles. The van der Waals surface area contributed by atoms with Gasteiger partial charge in [-0.3, -0.25) is 4.98 Å². The number of fused-ring (bicyclic) bond motifs is 3. The van der Waals surface area contributed by atoms with Crippen molar-refractivity contribution in [3.63, 3.8) is 0 Å². The quantitative estimate of drug-likeness (QED) is 0.636. The zero-order chi connectivity index (χ0) is 8.67. The highest BCUT2D eigenvalue weighted by Crippen LogP contribution is 2.33. The highest BCUT2D eigenvalue weighted by atomic mass is 15.1. The molecule has 0 aliphatic carbocycles. The first-order valence-corrected chi connectivity index (χ1v) is 4.29. The smallest absolute Gasteiger partial charge is 0.0851 e. The van der Waals surface area contributed by atoms with Gasteiger partial charge >= 0.3 is 0 Å². The first kappa shape index (κ1) is 6.71. The second-order valence-electron chi connectivity index (χ2n) is 3.12. The SMILES string of the molecule is c1cc2ccc3c(c2cn1)NCN3. The van der Waals surface area contributed by atoms with Crippen LogP contribution in [0.25, 0.3) is 10.8 Å². The number of anilines is 2. The molecule has 1 aromatic carbocycles. The van der Waals surface area contributed by atoms with Crippen molar-refractivity contribution < 1.29 is 0 Å². The van der Waals surface area contributed by atoms with Gasteiger partial charge in [0.1, 0.15) is 0 Å². The van der Waals surface area contributed by atoms with Crippen LogP contribution in [0, 0.1) is 0 Å². The Kier molecular flexibility index (Phi) is 1.22. The summed E-state index contributed by atoms with van der Waals surface area (Å²) >= 11 is 0. The molecule has 13 heavy (non-hydrogen) atoms. The maximum atomic E-state index is 4.12. The molecule has 1 aliphatic rings. The van der Waals surface area contributed by atoms with Gasteiger partial charge in [-0.1, -0.05) is 6.07 Å². The van der Waals surface area contributed by atoms with Crippen molar-refractivity contribution in [3.8, 4) is 0 Å². The van der Waals surface area contributed by atoms with Crippen molar-refractivity contribution in [1.82, 2.24) is 4.98 Å². The van der Waals surface area contributed by atoms with Crippen LogP contribution in [-0.2, 0) is 0 Å². The summed E-state index contributed by atoms with van der Waals surface area (Å²) in [4.78, 5) is 4.12. The average molecular weight is 171 g/mol. The van der Waals surface area contributed by atoms with Crippen LogP contribution in [0.2, 0.25) is 0 Å². The van der Waals surface area contributed by atoms with Gasteiger partial charge < -0.3 is 10.6 Å². The van der Waals surface area contributed by atoms with Crippen LogP contribution in [0.5, 0.6) is 0 Å². The van der Waals surface area contributed by atoms with E-state index in [1.165, 1.54) is 22.1 Å². The Hall–Kier alpha value is -1.77. The molecule has 3 nitrogen and oxygen atoms in total. The number of hydrogen-bond donors (Lipinski definition) is 2. The molecule has 64 valence electrons. The van der Waals surface area contributed by atoms with E-state index >= 15 is 0 Å². The standard InChI is InChI=1S/C10H9N3/c1-2-9-10(13-6-12-9)8-5-11-4-3-7(1)8/h1-5,12-13H,6H2. The van der Waals surface area contributed by atoms with Gasteiger partial charge in [0.05, 0.1) is 18.0 Å². The Morgan fingerprint density at radius 1 is 1.15 bits per heavy atom. The molecule has 1 aromatic heterocycles. The van der Waals surface area contributed by atoms with E-state index in [2.05, 4.69) is 27.8 Å². The van der Waals surface area contributed by atoms with E-state index in [-0.39, 0.29) is 0 Å². The van der Waals surface area contributed by atoms with E-state index in [1.807, 2.05) is 18.5 Å². The normalized spacial score (nSPS) is 13.5. The number of hydrogen-bond acceptors (Lipinski definition) is 3. The first-order chi connectivity index (χ1) is 6.45. The van der Waals surface area contributed by atoms with Crippen molar-refractivity contribution in [2.45, 2.75) is 0 Å². The van der Waals surface area contributed by atoms with Crippen molar-refractivity contribution >= 4 is 22.1 Å². The molecule has 0 unspecified atom stereocenters. The highest BCUT2D eigenvalue weighted by molar-refractivity contribution is 6.00. The van der Waals surface area contributed by atoms with Gasteiger partial charge in [0.15, 0.2) is 0 Å². The van der Waals surface area contributed by atoms with Crippen LogP contribution in [0.15, 0.2) is 30.6 Å². The fraction of sp³-hybridized carbons (Fsp3) is 0.100. The highest BCUT2D eigenvalue weighted by Gasteiger charge is 2.11. The van der Waals surface area contributed by atoms with E-state index in [4.69, 9.17) is 0 Å². The minimum atomic E-state index is 0.809. The molecule has 0 radical (unpaired) electrons. The molecule has 0 fully saturated rings. The molecule has 2 heterocycles. The summed E-state index contributed by atoms with van der Waals surface area (Å²) in [6, 6.07) is 6.23. The van der Waals surface area contributed by atoms with Crippen LogP contribution >= 0.6 is 0 Å². The lowest BCUT2D eigenvalue weighted by Crippen LogP contribution is -1.99. The lowest BCUT2D eigenvalue weighted by Gasteiger charge is -2.02. The molecule has 3 rings (SSSR count). The molecule has 2 N–H and O–H groups in total. The minimum Gasteiger partial charge on any atom is -0.366 e. The van der Waals surface area contributed by atoms with Gasteiger partial charge in [-0.25, -0.2) is 0 Å². The van der Waals surface area contributed by atoms with Gasteiger partial charge in [0.2, 0.25) is 0 Å². The largest absolute Gasteiger partial charge is 0.366 e. The molecular weight excluding hydrogens is 162 g/mol. The maximum absolute atomic E-state index is 4.12. The Balaban J connectivity index is 2.43. The summed E-state index contributed by atoms with van der Waals surface area (Å²) < 4.78 is 0. The predicted molar refractivity (Wildman–Crippen MR) is 53.9 cm³/mol. The first-order valence-electron chi connectivity index (χ1n) is 4.29. The van der Waals surface area contributed by atoms with E-state index < -0.39 is 0 Å². The Morgan fingerprint density at radius 2 is 2.15 bits per heavy atom. The van der Waals surface area contributed by atoms with E-state index in [0.717, 1.165) is 6.67 Å². The monoisotopic (exact) mass is 171 g/mol. The number of benzene rings is 1. The van der Waals surface area contributed by atoms with E-state index in [9.17, 15) is 0 Å². The Bertz CT molecular complexity index is 465. The fourth-order valence-corrected chi connectivity index (χ4v) is 1.73. The van der Waals surface area contributed by atoms with Crippen molar-refractivity contribution in [3.05, 3.63) is 30.6 Å². The van der Waals surface area contributed by atoms with Gasteiger partial charge in [0.25, 0.3) is 0 Å². The van der Waals surface area contributed by atoms with Gasteiger partial charge in [-0.05, 0) is 17.5 Å². The number of nitrogens with one attached hydrogen (secondary N) is 2. The molecule has 0 atom stereocenters. The predicted octanol–water partition coefficient (Wildman–Crippen LogP) is 2.03. The lowest BCUT2D eigenvalue weighted by molar-refractivity contribution is 1.31. The molecule has 0 spiro atoms. The lowest BCUT2D eigenvalue weighted by atomic mass is 10.1. The summed E-state index contributed by atoms with van der Waals surface area (Å²) in [7, 11) is 0. The van der Waals surface area contributed by atoms with E-state index in [1.54, 1.807) is 0 Å². The zero-order valence-electron chi connectivity index (χ0n) is 7.04. The second-order valence-corrected chi connectivity index (χ2v) is 3.12. The maximum Gasteiger partial charge on any atom is 0.0851 e. The third-order valence-electron chi connectivity index (χ3n) is 2.37. The third kappa shape index (κ3) is 0.869. The second kappa shape index (κ2) is 2.36. The molecule has 0 amide bonds. The fourth-order valence-electron chi connectivity index (χ4n) is 1.73. The summed E-state index contributed by atoms with van der Waals surface area (Å²) in [6.45, 7) is 0.809. The zero-order valence-corrected chi connectivity index (χ0v) is 7.04. The number of aromatic nitrogens is 1. The molecule has 3 heteroatoms. The molecule has 2 aromatic rings. The number of nitrogens with zero attached hydrogens (tertiary/aromatic N) is 1. The summed E-state index contributed by atoms with van der Waals surface area (Å²) in [5.74, 6) is 0.